The highest BCUT2D eigenvalue weighted by molar-refractivity contribution is 7.90. The number of hydrogen-bond acceptors (Lipinski definition) is 4. The minimum atomic E-state index is -3.66. The lowest BCUT2D eigenvalue weighted by molar-refractivity contribution is -0.118. The van der Waals surface area contributed by atoms with Crippen molar-refractivity contribution in [3.8, 4) is 0 Å². The van der Waals surface area contributed by atoms with Gasteiger partial charge in [-0.2, -0.15) is 0 Å². The molecule has 0 saturated carbocycles. The van der Waals surface area contributed by atoms with Gasteiger partial charge in [0.25, 0.3) is 0 Å². The SMILES string of the molecule is CC1CCC(CS(=O)(=O)NC(=O)Cc2cccc(C(C)C)c2)O1. The molecule has 1 aromatic rings. The van der Waals surface area contributed by atoms with Gasteiger partial charge in [0.15, 0.2) is 0 Å². The average Bonchev–Trinajstić information content (AvgIpc) is 2.82. The van der Waals surface area contributed by atoms with E-state index in [1.165, 1.54) is 0 Å². The molecule has 1 heterocycles. The summed E-state index contributed by atoms with van der Waals surface area (Å²) in [7, 11) is -3.66. The van der Waals surface area contributed by atoms with Crippen LogP contribution in [0.25, 0.3) is 0 Å². The van der Waals surface area contributed by atoms with Crippen LogP contribution in [0.1, 0.15) is 50.7 Å². The van der Waals surface area contributed by atoms with E-state index in [0.717, 1.165) is 17.5 Å². The second-order valence-electron chi connectivity index (χ2n) is 6.53. The van der Waals surface area contributed by atoms with Gasteiger partial charge < -0.3 is 4.74 Å². The Morgan fingerprint density at radius 1 is 1.35 bits per heavy atom. The number of ether oxygens (including phenoxy) is 1. The van der Waals surface area contributed by atoms with Gasteiger partial charge in [0, 0.05) is 0 Å². The Morgan fingerprint density at radius 3 is 2.70 bits per heavy atom. The lowest BCUT2D eigenvalue weighted by atomic mass is 10.00. The van der Waals surface area contributed by atoms with E-state index in [1.54, 1.807) is 0 Å². The van der Waals surface area contributed by atoms with Crippen molar-refractivity contribution in [2.24, 2.45) is 0 Å². The van der Waals surface area contributed by atoms with Gasteiger partial charge in [-0.1, -0.05) is 38.1 Å². The minimum absolute atomic E-state index is 0.0573. The number of sulfonamides is 1. The van der Waals surface area contributed by atoms with Crippen LogP contribution in [0.15, 0.2) is 24.3 Å². The van der Waals surface area contributed by atoms with Crippen LogP contribution in [-0.4, -0.2) is 32.3 Å². The molecule has 1 aromatic carbocycles. The molecule has 0 bridgehead atoms. The Kier molecular flexibility index (Phi) is 5.81. The van der Waals surface area contributed by atoms with Gasteiger partial charge in [-0.25, -0.2) is 8.42 Å². The normalized spacial score (nSPS) is 21.6. The van der Waals surface area contributed by atoms with Crippen LogP contribution in [0.2, 0.25) is 0 Å². The van der Waals surface area contributed by atoms with Gasteiger partial charge in [0.1, 0.15) is 0 Å². The molecular formula is C17H25NO4S. The number of carbonyl (C=O) groups excluding carboxylic acids is 1. The molecule has 1 aliphatic rings. The molecule has 1 aliphatic heterocycles. The summed E-state index contributed by atoms with van der Waals surface area (Å²) in [6.07, 6.45) is 1.40. The summed E-state index contributed by atoms with van der Waals surface area (Å²) in [6, 6.07) is 7.67. The van der Waals surface area contributed by atoms with E-state index in [2.05, 4.69) is 18.6 Å². The predicted molar refractivity (Wildman–Crippen MR) is 89.7 cm³/mol. The minimum Gasteiger partial charge on any atom is -0.374 e. The van der Waals surface area contributed by atoms with Crippen LogP contribution < -0.4 is 4.72 Å². The summed E-state index contributed by atoms with van der Waals surface area (Å²) in [5.74, 6) is -0.296. The Morgan fingerprint density at radius 2 is 2.09 bits per heavy atom. The van der Waals surface area contributed by atoms with Crippen molar-refractivity contribution in [2.45, 2.75) is 58.2 Å². The van der Waals surface area contributed by atoms with Crippen LogP contribution in [-0.2, 0) is 26.0 Å². The third-order valence-corrected chi connectivity index (χ3v) is 5.33. The zero-order valence-electron chi connectivity index (χ0n) is 13.9. The molecule has 1 N–H and O–H groups in total. The molecule has 2 atom stereocenters. The van der Waals surface area contributed by atoms with Crippen molar-refractivity contribution in [1.29, 1.82) is 0 Å². The Bertz CT molecular complexity index is 654. The smallest absolute Gasteiger partial charge is 0.237 e. The van der Waals surface area contributed by atoms with E-state index in [1.807, 2.05) is 31.2 Å². The summed E-state index contributed by atoms with van der Waals surface area (Å²) < 4.78 is 31.8. The number of benzene rings is 1. The van der Waals surface area contributed by atoms with Crippen molar-refractivity contribution in [1.82, 2.24) is 4.72 Å². The van der Waals surface area contributed by atoms with Crippen molar-refractivity contribution in [3.63, 3.8) is 0 Å². The maximum Gasteiger partial charge on any atom is 0.237 e. The van der Waals surface area contributed by atoms with Gasteiger partial charge in [0.2, 0.25) is 15.9 Å². The van der Waals surface area contributed by atoms with E-state index in [9.17, 15) is 13.2 Å². The lowest BCUT2D eigenvalue weighted by Gasteiger charge is -2.13. The third-order valence-electron chi connectivity index (χ3n) is 3.98. The highest BCUT2D eigenvalue weighted by Gasteiger charge is 2.28. The predicted octanol–water partition coefficient (Wildman–Crippen LogP) is 2.37. The molecule has 2 rings (SSSR count). The Hall–Kier alpha value is -1.40. The monoisotopic (exact) mass is 339 g/mol. The average molecular weight is 339 g/mol. The second-order valence-corrected chi connectivity index (χ2v) is 8.30. The number of nitrogens with one attached hydrogen (secondary N) is 1. The summed E-state index contributed by atoms with van der Waals surface area (Å²) in [5, 5.41) is 0. The standard InChI is InChI=1S/C17H25NO4S/c1-12(2)15-6-4-5-14(9-15)10-17(19)18-23(20,21)11-16-8-7-13(3)22-16/h4-6,9,12-13,16H,7-8,10-11H2,1-3H3,(H,18,19). The molecule has 0 spiro atoms. The van der Waals surface area contributed by atoms with Crippen molar-refractivity contribution < 1.29 is 17.9 Å². The summed E-state index contributed by atoms with van der Waals surface area (Å²) >= 11 is 0. The van der Waals surface area contributed by atoms with Crippen LogP contribution in [0.5, 0.6) is 0 Å². The molecule has 6 heteroatoms. The van der Waals surface area contributed by atoms with Crippen molar-refractivity contribution >= 4 is 15.9 Å². The molecule has 0 aliphatic carbocycles. The van der Waals surface area contributed by atoms with E-state index < -0.39 is 15.9 Å². The van der Waals surface area contributed by atoms with Gasteiger partial charge in [-0.3, -0.25) is 9.52 Å². The fraction of sp³-hybridized carbons (Fsp3) is 0.588. The largest absolute Gasteiger partial charge is 0.374 e. The molecule has 5 nitrogen and oxygen atoms in total. The molecule has 0 radical (unpaired) electrons. The van der Waals surface area contributed by atoms with Gasteiger partial charge in [0.05, 0.1) is 24.4 Å². The zero-order valence-corrected chi connectivity index (χ0v) is 14.7. The highest BCUT2D eigenvalue weighted by Crippen LogP contribution is 2.20. The summed E-state index contributed by atoms with van der Waals surface area (Å²) in [6.45, 7) is 6.07. The van der Waals surface area contributed by atoms with Crippen molar-refractivity contribution in [3.05, 3.63) is 35.4 Å². The van der Waals surface area contributed by atoms with E-state index >= 15 is 0 Å². The van der Waals surface area contributed by atoms with Crippen LogP contribution >= 0.6 is 0 Å². The van der Waals surface area contributed by atoms with Crippen LogP contribution in [0.3, 0.4) is 0 Å². The highest BCUT2D eigenvalue weighted by atomic mass is 32.2. The van der Waals surface area contributed by atoms with Crippen molar-refractivity contribution in [2.75, 3.05) is 5.75 Å². The fourth-order valence-electron chi connectivity index (χ4n) is 2.75. The third kappa shape index (κ3) is 5.62. The Labute approximate surface area is 138 Å². The first-order valence-corrected chi connectivity index (χ1v) is 9.68. The quantitative estimate of drug-likeness (QED) is 0.863. The molecular weight excluding hydrogens is 314 g/mol. The fourth-order valence-corrected chi connectivity index (χ4v) is 3.99. The summed E-state index contributed by atoms with van der Waals surface area (Å²) in [4.78, 5) is 12.0. The molecule has 1 fully saturated rings. The molecule has 0 aromatic heterocycles. The lowest BCUT2D eigenvalue weighted by Crippen LogP contribution is -2.37. The topological polar surface area (TPSA) is 72.5 Å². The zero-order chi connectivity index (χ0) is 17.0. The first-order valence-electron chi connectivity index (χ1n) is 8.03. The van der Waals surface area contributed by atoms with Gasteiger partial charge in [-0.15, -0.1) is 0 Å². The van der Waals surface area contributed by atoms with E-state index in [4.69, 9.17) is 4.74 Å². The number of rotatable bonds is 6. The number of amides is 1. The second kappa shape index (κ2) is 7.45. The first kappa shape index (κ1) is 17.9. The summed E-state index contributed by atoms with van der Waals surface area (Å²) in [5.41, 5.74) is 1.95. The number of hydrogen-bond donors (Lipinski definition) is 1. The number of carbonyl (C=O) groups is 1. The van der Waals surface area contributed by atoms with Crippen LogP contribution in [0.4, 0.5) is 0 Å². The Balaban J connectivity index is 1.92. The van der Waals surface area contributed by atoms with E-state index in [-0.39, 0.29) is 24.4 Å². The van der Waals surface area contributed by atoms with E-state index in [0.29, 0.717) is 12.3 Å². The van der Waals surface area contributed by atoms with Gasteiger partial charge >= 0.3 is 0 Å². The molecule has 2 unspecified atom stereocenters. The molecule has 128 valence electrons. The molecule has 1 saturated heterocycles. The van der Waals surface area contributed by atoms with Crippen LogP contribution in [0, 0.1) is 0 Å². The maximum absolute atomic E-state index is 12.1. The molecule has 1 amide bonds. The maximum atomic E-state index is 12.1. The molecule has 23 heavy (non-hydrogen) atoms. The first-order chi connectivity index (χ1) is 10.7. The van der Waals surface area contributed by atoms with Gasteiger partial charge in [-0.05, 0) is 36.8 Å².